The summed E-state index contributed by atoms with van der Waals surface area (Å²) in [6.45, 7) is -0.597. The van der Waals surface area contributed by atoms with Crippen LogP contribution in [0.2, 0.25) is 0 Å². The molecule has 0 radical (unpaired) electrons. The summed E-state index contributed by atoms with van der Waals surface area (Å²) in [6, 6.07) is 0. The van der Waals surface area contributed by atoms with Crippen LogP contribution in [0.25, 0.3) is 0 Å². The molecule has 0 rings (SSSR count). The average molecular weight is 167 g/mol. The van der Waals surface area contributed by atoms with Crippen molar-refractivity contribution in [1.82, 2.24) is 5.32 Å². The Bertz CT molecular complexity index is 199. The molecule has 0 saturated heterocycles. The van der Waals surface area contributed by atoms with E-state index in [1.807, 2.05) is 0 Å². The van der Waals surface area contributed by atoms with Gasteiger partial charge in [-0.2, -0.15) is 8.42 Å². The molecule has 60 valence electrons. The summed E-state index contributed by atoms with van der Waals surface area (Å²) in [5.74, 6) is 0. The minimum Gasteiger partial charge on any atom is -0.395 e. The highest BCUT2D eigenvalue weighted by Crippen LogP contribution is 1.64. The van der Waals surface area contributed by atoms with Crippen molar-refractivity contribution in [2.75, 3.05) is 19.8 Å². The van der Waals surface area contributed by atoms with E-state index in [9.17, 15) is 8.42 Å². The summed E-state index contributed by atoms with van der Waals surface area (Å²) in [5.41, 5.74) is 0. The van der Waals surface area contributed by atoms with Crippen molar-refractivity contribution in [2.24, 2.45) is 0 Å². The van der Waals surface area contributed by atoms with Gasteiger partial charge in [-0.3, -0.25) is 5.32 Å². The molecule has 0 spiro atoms. The molecule has 0 aliphatic heterocycles. The van der Waals surface area contributed by atoms with Gasteiger partial charge in [0.1, 0.15) is 4.99 Å². The van der Waals surface area contributed by atoms with Crippen molar-refractivity contribution in [1.29, 1.82) is 0 Å². The van der Waals surface area contributed by atoms with Gasteiger partial charge in [-0.1, -0.05) is 0 Å². The number of aliphatic hydroxyl groups is 2. The first-order valence-corrected chi connectivity index (χ1v) is 3.70. The highest BCUT2D eigenvalue weighted by Gasteiger charge is 1.95. The Morgan fingerprint density at radius 3 is 2.30 bits per heavy atom. The van der Waals surface area contributed by atoms with E-state index in [0.717, 1.165) is 0 Å². The van der Waals surface area contributed by atoms with Crippen LogP contribution < -0.4 is 5.32 Å². The molecule has 0 atom stereocenters. The first-order chi connectivity index (χ1) is 4.72. The smallest absolute Gasteiger partial charge is 0.230 e. The van der Waals surface area contributed by atoms with Crippen molar-refractivity contribution in [3.63, 3.8) is 0 Å². The van der Waals surface area contributed by atoms with Crippen LogP contribution in [-0.4, -0.2) is 43.4 Å². The second-order valence-corrected chi connectivity index (χ2v) is 2.43. The van der Waals surface area contributed by atoms with Crippen molar-refractivity contribution in [2.45, 2.75) is 0 Å². The minimum absolute atomic E-state index is 0.129. The van der Waals surface area contributed by atoms with E-state index < -0.39 is 16.9 Å². The largest absolute Gasteiger partial charge is 0.395 e. The molecule has 10 heavy (non-hydrogen) atoms. The topological polar surface area (TPSA) is 86.6 Å². The van der Waals surface area contributed by atoms with Gasteiger partial charge in [0, 0.05) is 6.54 Å². The van der Waals surface area contributed by atoms with Crippen LogP contribution in [0.5, 0.6) is 0 Å². The summed E-state index contributed by atoms with van der Waals surface area (Å²) in [7, 11) is -2.41. The SMILES string of the molecule is O=S(=O)=C(CO)NCCO. The van der Waals surface area contributed by atoms with Gasteiger partial charge in [-0.05, 0) is 0 Å². The highest BCUT2D eigenvalue weighted by atomic mass is 32.2. The van der Waals surface area contributed by atoms with Gasteiger partial charge < -0.3 is 10.2 Å². The molecule has 0 aromatic rings. The Morgan fingerprint density at radius 1 is 1.40 bits per heavy atom. The normalized spacial score (nSPS) is 9.40. The van der Waals surface area contributed by atoms with E-state index in [0.29, 0.717) is 0 Å². The van der Waals surface area contributed by atoms with Crippen molar-refractivity contribution < 1.29 is 18.6 Å². The van der Waals surface area contributed by atoms with Crippen LogP contribution in [0.3, 0.4) is 0 Å². The third-order valence-electron chi connectivity index (χ3n) is 0.779. The zero-order valence-corrected chi connectivity index (χ0v) is 6.06. The zero-order chi connectivity index (χ0) is 7.98. The first-order valence-electron chi connectivity index (χ1n) is 2.63. The number of hydrogen-bond acceptors (Lipinski definition) is 4. The summed E-state index contributed by atoms with van der Waals surface area (Å²) >= 11 is 0. The fraction of sp³-hybridized carbons (Fsp3) is 0.750. The summed E-state index contributed by atoms with van der Waals surface area (Å²) in [4.78, 5) is -0.200. The van der Waals surface area contributed by atoms with Crippen LogP contribution in [0.15, 0.2) is 0 Å². The molecule has 0 bridgehead atoms. The molecule has 0 aromatic heterocycles. The van der Waals surface area contributed by atoms with E-state index in [2.05, 4.69) is 5.32 Å². The summed E-state index contributed by atoms with van der Waals surface area (Å²) < 4.78 is 20.2. The maximum atomic E-state index is 10.1. The second kappa shape index (κ2) is 5.36. The number of hydrogen-bond donors (Lipinski definition) is 3. The first kappa shape index (κ1) is 9.57. The average Bonchev–Trinajstić information content (AvgIpc) is 1.89. The molecule has 0 heterocycles. The molecule has 0 fully saturated rings. The standard InChI is InChI=1S/C4H9NO4S/c6-2-1-5-4(3-7)10(8)9/h5-7H,1-3H2. The lowest BCUT2D eigenvalue weighted by Crippen LogP contribution is -2.29. The van der Waals surface area contributed by atoms with Gasteiger partial charge in [0.2, 0.25) is 10.3 Å². The van der Waals surface area contributed by atoms with Crippen LogP contribution in [0, 0.1) is 0 Å². The fourth-order valence-electron chi connectivity index (χ4n) is 0.363. The molecule has 0 saturated carbocycles. The highest BCUT2D eigenvalue weighted by molar-refractivity contribution is 7.72. The van der Waals surface area contributed by atoms with Crippen LogP contribution in [-0.2, 0) is 10.3 Å². The summed E-state index contributed by atoms with van der Waals surface area (Å²) in [5, 5.41) is 18.9. The van der Waals surface area contributed by atoms with Crippen molar-refractivity contribution in [3.8, 4) is 0 Å². The predicted octanol–water partition coefficient (Wildman–Crippen LogP) is -2.43. The third kappa shape index (κ3) is 3.57. The van der Waals surface area contributed by atoms with Gasteiger partial charge in [0.25, 0.3) is 0 Å². The van der Waals surface area contributed by atoms with Gasteiger partial charge in [-0.25, -0.2) is 0 Å². The zero-order valence-electron chi connectivity index (χ0n) is 5.24. The molecule has 0 amide bonds. The quantitative estimate of drug-likeness (QED) is 0.407. The summed E-state index contributed by atoms with van der Waals surface area (Å²) in [6.07, 6.45) is 0. The van der Waals surface area contributed by atoms with Gasteiger partial charge >= 0.3 is 0 Å². The second-order valence-electron chi connectivity index (χ2n) is 1.47. The number of rotatable bonds is 3. The minimum atomic E-state index is -2.41. The molecule has 5 nitrogen and oxygen atoms in total. The van der Waals surface area contributed by atoms with Gasteiger partial charge in [0.05, 0.1) is 13.2 Å². The Kier molecular flexibility index (Phi) is 5.13. The van der Waals surface area contributed by atoms with Gasteiger partial charge in [0.15, 0.2) is 0 Å². The molecule has 3 N–H and O–H groups in total. The Labute approximate surface area is 59.8 Å². The predicted molar refractivity (Wildman–Crippen MR) is 36.1 cm³/mol. The van der Waals surface area contributed by atoms with E-state index >= 15 is 0 Å². The lowest BCUT2D eigenvalue weighted by atomic mass is 10.6. The Balaban J connectivity index is 3.99. The van der Waals surface area contributed by atoms with E-state index in [1.165, 1.54) is 0 Å². The van der Waals surface area contributed by atoms with Crippen molar-refractivity contribution in [3.05, 3.63) is 0 Å². The van der Waals surface area contributed by atoms with Gasteiger partial charge in [-0.15, -0.1) is 0 Å². The molecule has 0 aliphatic rings. The molecular formula is C4H9NO4S. The van der Waals surface area contributed by atoms with Crippen LogP contribution >= 0.6 is 0 Å². The number of aliphatic hydroxyl groups excluding tert-OH is 2. The maximum absolute atomic E-state index is 10.1. The van der Waals surface area contributed by atoms with Crippen molar-refractivity contribution >= 4 is 15.3 Å². The molecule has 6 heteroatoms. The van der Waals surface area contributed by atoms with E-state index in [-0.39, 0.29) is 18.1 Å². The fourth-order valence-corrected chi connectivity index (χ4v) is 0.688. The lowest BCUT2D eigenvalue weighted by molar-refractivity contribution is 0.298. The third-order valence-corrected chi connectivity index (χ3v) is 1.45. The monoisotopic (exact) mass is 167 g/mol. The molecule has 0 unspecified atom stereocenters. The Hall–Kier alpha value is -0.430. The van der Waals surface area contributed by atoms with E-state index in [1.54, 1.807) is 0 Å². The molecule has 0 aliphatic carbocycles. The number of nitrogens with one attached hydrogen (secondary N) is 1. The van der Waals surface area contributed by atoms with Crippen LogP contribution in [0.1, 0.15) is 0 Å². The lowest BCUT2D eigenvalue weighted by Gasteiger charge is -1.97. The van der Waals surface area contributed by atoms with E-state index in [4.69, 9.17) is 10.2 Å². The Morgan fingerprint density at radius 2 is 2.00 bits per heavy atom. The molecular weight excluding hydrogens is 158 g/mol. The molecule has 0 aromatic carbocycles. The maximum Gasteiger partial charge on any atom is 0.230 e. The van der Waals surface area contributed by atoms with Crippen LogP contribution in [0.4, 0.5) is 0 Å².